The monoisotopic (exact) mass is 243 g/mol. The number of allylic oxidation sites excluding steroid dienone is 1. The molecule has 0 atom stereocenters. The summed E-state index contributed by atoms with van der Waals surface area (Å²) in [5.41, 5.74) is 4.77. The summed E-state index contributed by atoms with van der Waals surface area (Å²) in [4.78, 5) is 10.4. The van der Waals surface area contributed by atoms with Gasteiger partial charge in [0.05, 0.1) is 0 Å². The van der Waals surface area contributed by atoms with E-state index in [4.69, 9.17) is 5.73 Å². The van der Waals surface area contributed by atoms with Crippen LogP contribution < -0.4 is 5.73 Å². The number of nitrogens with two attached hydrogens (primary N) is 1. The quantitative estimate of drug-likeness (QED) is 0.428. The Morgan fingerprint density at radius 2 is 1.47 bits per heavy atom. The van der Waals surface area contributed by atoms with E-state index < -0.39 is 11.7 Å². The average Bonchev–Trinajstić information content (AvgIpc) is 2.31. The summed E-state index contributed by atoms with van der Waals surface area (Å²) in [7, 11) is 0. The number of carbonyl (C=O) groups excluding carboxylic acids is 1. The van der Waals surface area contributed by atoms with Crippen molar-refractivity contribution in [2.75, 3.05) is 0 Å². The third-order valence-corrected chi connectivity index (χ3v) is 2.87. The molecule has 17 heavy (non-hydrogen) atoms. The Balaban J connectivity index is 3.19. The van der Waals surface area contributed by atoms with Gasteiger partial charge in [0.1, 0.15) is 0 Å². The Bertz CT molecular complexity index is 226. The van der Waals surface area contributed by atoms with Gasteiger partial charge in [0.25, 0.3) is 5.91 Å². The molecule has 2 N–H and O–H groups in total. The molecular formula is C14H26FNO. The minimum Gasteiger partial charge on any atom is -0.364 e. The lowest BCUT2D eigenvalue weighted by molar-refractivity contribution is -0.115. The van der Waals surface area contributed by atoms with E-state index in [9.17, 15) is 9.18 Å². The van der Waals surface area contributed by atoms with Crippen molar-refractivity contribution in [3.63, 3.8) is 0 Å². The zero-order valence-electron chi connectivity index (χ0n) is 11.0. The molecule has 1 amide bonds. The van der Waals surface area contributed by atoms with Crippen LogP contribution in [-0.2, 0) is 4.79 Å². The largest absolute Gasteiger partial charge is 0.364 e. The first kappa shape index (κ1) is 16.1. The van der Waals surface area contributed by atoms with Gasteiger partial charge in [-0.2, -0.15) is 0 Å². The molecule has 0 heterocycles. The van der Waals surface area contributed by atoms with Crippen molar-refractivity contribution in [3.05, 3.63) is 11.9 Å². The molecule has 0 aromatic carbocycles. The number of halogens is 1. The van der Waals surface area contributed by atoms with Gasteiger partial charge in [-0.1, -0.05) is 58.3 Å². The summed E-state index contributed by atoms with van der Waals surface area (Å²) in [6.07, 6.45) is 13.1. The first-order chi connectivity index (χ1) is 8.18. The van der Waals surface area contributed by atoms with Crippen LogP contribution in [0.1, 0.15) is 71.1 Å². The summed E-state index contributed by atoms with van der Waals surface area (Å²) < 4.78 is 12.7. The van der Waals surface area contributed by atoms with Gasteiger partial charge in [0.15, 0.2) is 5.83 Å². The van der Waals surface area contributed by atoms with Gasteiger partial charge in [0, 0.05) is 0 Å². The van der Waals surface area contributed by atoms with Crippen molar-refractivity contribution >= 4 is 5.91 Å². The molecule has 0 aromatic heterocycles. The van der Waals surface area contributed by atoms with Crippen LogP contribution in [0.15, 0.2) is 11.9 Å². The number of hydrogen-bond acceptors (Lipinski definition) is 1. The number of hydrogen-bond donors (Lipinski definition) is 1. The van der Waals surface area contributed by atoms with Crippen molar-refractivity contribution in [1.29, 1.82) is 0 Å². The fraction of sp³-hybridized carbons (Fsp3) is 0.786. The van der Waals surface area contributed by atoms with E-state index in [-0.39, 0.29) is 0 Å². The fourth-order valence-corrected chi connectivity index (χ4v) is 1.78. The minimum absolute atomic E-state index is 0.616. The molecule has 0 saturated carbocycles. The summed E-state index contributed by atoms with van der Waals surface area (Å²) in [5.74, 6) is -1.76. The molecule has 0 bridgehead atoms. The Kier molecular flexibility index (Phi) is 11.0. The molecule has 2 nitrogen and oxygen atoms in total. The standard InChI is InChI=1S/C14H26FNO/c1-2-3-4-5-6-7-8-9-10-11-12-13(15)14(16)17/h12H,2-11H2,1H3,(H2,16,17)/b13-12+. The van der Waals surface area contributed by atoms with Crippen LogP contribution in [0.5, 0.6) is 0 Å². The van der Waals surface area contributed by atoms with Crippen molar-refractivity contribution in [1.82, 2.24) is 0 Å². The lowest BCUT2D eigenvalue weighted by atomic mass is 10.1. The lowest BCUT2D eigenvalue weighted by Gasteiger charge is -2.00. The maximum atomic E-state index is 12.7. The van der Waals surface area contributed by atoms with Crippen LogP contribution in [0.25, 0.3) is 0 Å². The maximum absolute atomic E-state index is 12.7. The molecule has 0 saturated heterocycles. The van der Waals surface area contributed by atoms with Gasteiger partial charge in [-0.25, -0.2) is 4.39 Å². The third kappa shape index (κ3) is 11.4. The molecule has 0 spiro atoms. The van der Waals surface area contributed by atoms with Gasteiger partial charge < -0.3 is 5.73 Å². The van der Waals surface area contributed by atoms with Crippen LogP contribution in [0.4, 0.5) is 4.39 Å². The molecule has 0 radical (unpaired) electrons. The van der Waals surface area contributed by atoms with Gasteiger partial charge >= 0.3 is 0 Å². The fourth-order valence-electron chi connectivity index (χ4n) is 1.78. The summed E-state index contributed by atoms with van der Waals surface area (Å²) >= 11 is 0. The van der Waals surface area contributed by atoms with Crippen LogP contribution >= 0.6 is 0 Å². The van der Waals surface area contributed by atoms with Crippen LogP contribution in [0, 0.1) is 0 Å². The van der Waals surface area contributed by atoms with E-state index in [0.29, 0.717) is 6.42 Å². The number of carbonyl (C=O) groups is 1. The summed E-state index contributed by atoms with van der Waals surface area (Å²) in [6, 6.07) is 0. The molecule has 0 unspecified atom stereocenters. The predicted molar refractivity (Wildman–Crippen MR) is 70.2 cm³/mol. The van der Waals surface area contributed by atoms with Gasteiger partial charge in [0.2, 0.25) is 0 Å². The Morgan fingerprint density at radius 1 is 1.00 bits per heavy atom. The Labute approximate surface area is 104 Å². The van der Waals surface area contributed by atoms with E-state index in [2.05, 4.69) is 6.92 Å². The number of rotatable bonds is 11. The smallest absolute Gasteiger partial charge is 0.277 e. The van der Waals surface area contributed by atoms with Crippen molar-refractivity contribution < 1.29 is 9.18 Å². The van der Waals surface area contributed by atoms with Crippen LogP contribution in [0.3, 0.4) is 0 Å². The molecule has 100 valence electrons. The average molecular weight is 243 g/mol. The molecule has 0 aliphatic heterocycles. The highest BCUT2D eigenvalue weighted by Gasteiger charge is 2.00. The molecule has 0 aromatic rings. The van der Waals surface area contributed by atoms with Crippen molar-refractivity contribution in [2.24, 2.45) is 5.73 Å². The maximum Gasteiger partial charge on any atom is 0.277 e. The summed E-state index contributed by atoms with van der Waals surface area (Å²) in [6.45, 7) is 2.22. The van der Waals surface area contributed by atoms with Crippen molar-refractivity contribution in [2.45, 2.75) is 71.1 Å². The first-order valence-corrected chi connectivity index (χ1v) is 6.84. The second-order valence-corrected chi connectivity index (χ2v) is 4.53. The van der Waals surface area contributed by atoms with Crippen molar-refractivity contribution in [3.8, 4) is 0 Å². The molecule has 0 fully saturated rings. The number of unbranched alkanes of at least 4 members (excludes halogenated alkanes) is 9. The highest BCUT2D eigenvalue weighted by atomic mass is 19.1. The second kappa shape index (κ2) is 11.6. The minimum atomic E-state index is -0.957. The third-order valence-electron chi connectivity index (χ3n) is 2.87. The van der Waals surface area contributed by atoms with Gasteiger partial charge in [-0.3, -0.25) is 4.79 Å². The zero-order chi connectivity index (χ0) is 12.9. The summed E-state index contributed by atoms with van der Waals surface area (Å²) in [5, 5.41) is 0. The number of amides is 1. The second-order valence-electron chi connectivity index (χ2n) is 4.53. The molecule has 0 rings (SSSR count). The highest BCUT2D eigenvalue weighted by molar-refractivity contribution is 5.89. The zero-order valence-corrected chi connectivity index (χ0v) is 11.0. The highest BCUT2D eigenvalue weighted by Crippen LogP contribution is 2.11. The topological polar surface area (TPSA) is 43.1 Å². The SMILES string of the molecule is CCCCCCCCCCC/C=C(/F)C(N)=O. The van der Waals surface area contributed by atoms with E-state index in [0.717, 1.165) is 12.8 Å². The Hall–Kier alpha value is -0.860. The van der Waals surface area contributed by atoms with E-state index in [1.807, 2.05) is 0 Å². The first-order valence-electron chi connectivity index (χ1n) is 6.84. The van der Waals surface area contributed by atoms with E-state index >= 15 is 0 Å². The Morgan fingerprint density at radius 3 is 1.94 bits per heavy atom. The van der Waals surface area contributed by atoms with Crippen LogP contribution in [-0.4, -0.2) is 5.91 Å². The van der Waals surface area contributed by atoms with Gasteiger partial charge in [-0.15, -0.1) is 0 Å². The normalized spacial score (nSPS) is 11.8. The van der Waals surface area contributed by atoms with Gasteiger partial charge in [-0.05, 0) is 18.9 Å². The van der Waals surface area contributed by atoms with E-state index in [1.165, 1.54) is 51.0 Å². The van der Waals surface area contributed by atoms with Crippen LogP contribution in [0.2, 0.25) is 0 Å². The molecule has 0 aliphatic carbocycles. The molecule has 0 aliphatic rings. The van der Waals surface area contributed by atoms with E-state index in [1.54, 1.807) is 0 Å². The molecule has 3 heteroatoms. The predicted octanol–water partition coefficient (Wildman–Crippen LogP) is 4.25. The molecular weight excluding hydrogens is 217 g/mol. The lowest BCUT2D eigenvalue weighted by Crippen LogP contribution is -2.10. The number of primary amides is 1.